The molecule has 13 heteroatoms. The molecule has 300 valence electrons. The molecule has 0 saturated carbocycles. The minimum atomic E-state index is 0.428. The van der Waals surface area contributed by atoms with Crippen LogP contribution in [0, 0.1) is 0 Å². The molecule has 3 aromatic heterocycles. The summed E-state index contributed by atoms with van der Waals surface area (Å²) in [5, 5.41) is 4.93. The fourth-order valence-electron chi connectivity index (χ4n) is 7.49. The zero-order valence-electron chi connectivity index (χ0n) is 31.3. The molecule has 0 saturated heterocycles. The summed E-state index contributed by atoms with van der Waals surface area (Å²) in [4.78, 5) is 20.7. The SMILES string of the molecule is Clc1cccc(Cl)c1/C(=C1\C=CC(C(/c2c(Cl)cccc2Cl)=c2/cc/c(=C(C3=N/C(=C(/c4ccc[nH]4)c4c(Cl)cccc4Cl)C=C3)\c3c(Cl)cccc3Cl)[nH]2)=N1)c1ccc[nH]1. The van der Waals surface area contributed by atoms with Crippen LogP contribution in [-0.4, -0.2) is 26.4 Å². The summed E-state index contributed by atoms with van der Waals surface area (Å²) in [7, 11) is 0. The van der Waals surface area contributed by atoms with E-state index in [0.717, 1.165) is 22.5 Å². The maximum Gasteiger partial charge on any atom is 0.0738 e. The number of hydrogen-bond acceptors (Lipinski definition) is 2. The molecule has 61 heavy (non-hydrogen) atoms. The largest absolute Gasteiger partial charge is 0.361 e. The van der Waals surface area contributed by atoms with Crippen molar-refractivity contribution in [3.63, 3.8) is 0 Å². The summed E-state index contributed by atoms with van der Waals surface area (Å²) in [6.45, 7) is 0. The van der Waals surface area contributed by atoms with E-state index in [-0.39, 0.29) is 0 Å². The van der Waals surface area contributed by atoms with Crippen LogP contribution in [0.5, 0.6) is 0 Å². The molecule has 0 spiro atoms. The second kappa shape index (κ2) is 17.5. The first-order valence-electron chi connectivity index (χ1n) is 18.6. The lowest BCUT2D eigenvalue weighted by molar-refractivity contribution is 1.25. The number of rotatable bonds is 8. The Morgan fingerprint density at radius 1 is 0.344 bits per heavy atom. The molecule has 0 fully saturated rings. The van der Waals surface area contributed by atoms with Crippen molar-refractivity contribution >= 4 is 127 Å². The third kappa shape index (κ3) is 7.91. The first kappa shape index (κ1) is 41.4. The number of benzene rings is 4. The van der Waals surface area contributed by atoms with Crippen LogP contribution in [0.3, 0.4) is 0 Å². The molecule has 0 amide bonds. The zero-order chi connectivity index (χ0) is 42.4. The molecule has 4 aromatic carbocycles. The first-order valence-corrected chi connectivity index (χ1v) is 21.6. The molecule has 2 aliphatic heterocycles. The molecule has 5 nitrogen and oxygen atoms in total. The third-order valence-electron chi connectivity index (χ3n) is 10.1. The second-order valence-electron chi connectivity index (χ2n) is 13.8. The average molecular weight is 957 g/mol. The number of aromatic amines is 3. The van der Waals surface area contributed by atoms with Crippen molar-refractivity contribution in [3.05, 3.63) is 242 Å². The van der Waals surface area contributed by atoms with Crippen LogP contribution < -0.4 is 10.7 Å². The molecule has 0 radical (unpaired) electrons. The van der Waals surface area contributed by atoms with E-state index in [9.17, 15) is 0 Å². The summed E-state index contributed by atoms with van der Waals surface area (Å²) >= 11 is 55.2. The van der Waals surface area contributed by atoms with Crippen molar-refractivity contribution in [2.24, 2.45) is 9.98 Å². The van der Waals surface area contributed by atoms with Crippen molar-refractivity contribution in [2.45, 2.75) is 0 Å². The average Bonchev–Trinajstić information content (AvgIpc) is 4.10. The number of nitrogens with one attached hydrogen (secondary N) is 3. The molecule has 3 N–H and O–H groups in total. The lowest BCUT2D eigenvalue weighted by atomic mass is 10.00. The maximum absolute atomic E-state index is 7.00. The summed E-state index contributed by atoms with van der Waals surface area (Å²) in [5.74, 6) is 0. The van der Waals surface area contributed by atoms with Gasteiger partial charge in [0.15, 0.2) is 0 Å². The minimum Gasteiger partial charge on any atom is -0.361 e. The minimum absolute atomic E-state index is 0.428. The highest BCUT2D eigenvalue weighted by atomic mass is 35.5. The summed E-state index contributed by atoms with van der Waals surface area (Å²) in [5.41, 5.74) is 9.13. The van der Waals surface area contributed by atoms with E-state index in [4.69, 9.17) is 103 Å². The van der Waals surface area contributed by atoms with Crippen LogP contribution in [-0.2, 0) is 0 Å². The van der Waals surface area contributed by atoms with Gasteiger partial charge in [-0.2, -0.15) is 0 Å². The van der Waals surface area contributed by atoms with Crippen LogP contribution in [0.1, 0.15) is 33.6 Å². The van der Waals surface area contributed by atoms with Crippen molar-refractivity contribution in [1.82, 2.24) is 15.0 Å². The van der Waals surface area contributed by atoms with E-state index in [1.165, 1.54) is 0 Å². The van der Waals surface area contributed by atoms with E-state index in [1.807, 2.05) is 73.1 Å². The van der Waals surface area contributed by atoms with Gasteiger partial charge in [-0.25, -0.2) is 9.98 Å². The Kier molecular flexibility index (Phi) is 11.9. The van der Waals surface area contributed by atoms with Crippen molar-refractivity contribution < 1.29 is 0 Å². The van der Waals surface area contributed by atoms with E-state index in [2.05, 4.69) is 15.0 Å². The summed E-state index contributed by atoms with van der Waals surface area (Å²) in [6, 6.07) is 33.1. The summed E-state index contributed by atoms with van der Waals surface area (Å²) < 4.78 is 0. The maximum atomic E-state index is 7.00. The molecule has 7 aromatic rings. The lowest BCUT2D eigenvalue weighted by Crippen LogP contribution is -2.21. The molecule has 0 bridgehead atoms. The monoisotopic (exact) mass is 953 g/mol. The zero-order valence-corrected chi connectivity index (χ0v) is 37.3. The fraction of sp³-hybridized carbons (Fsp3) is 0. The van der Waals surface area contributed by atoms with Gasteiger partial charge >= 0.3 is 0 Å². The number of aliphatic imine (C=N–C) groups is 2. The van der Waals surface area contributed by atoms with E-state index < -0.39 is 0 Å². The van der Waals surface area contributed by atoms with Crippen molar-refractivity contribution in [2.75, 3.05) is 0 Å². The van der Waals surface area contributed by atoms with E-state index >= 15 is 0 Å². The van der Waals surface area contributed by atoms with Gasteiger partial charge in [0.2, 0.25) is 0 Å². The van der Waals surface area contributed by atoms with Crippen LogP contribution in [0.2, 0.25) is 40.2 Å². The van der Waals surface area contributed by atoms with Crippen LogP contribution in [0.4, 0.5) is 0 Å². The Morgan fingerprint density at radius 3 is 0.951 bits per heavy atom. The predicted molar refractivity (Wildman–Crippen MR) is 258 cm³/mol. The van der Waals surface area contributed by atoms with Gasteiger partial charge in [-0.05, 0) is 109 Å². The molecular weight excluding hydrogens is 930 g/mol. The number of halogens is 8. The highest BCUT2D eigenvalue weighted by Gasteiger charge is 2.26. The van der Waals surface area contributed by atoms with Crippen LogP contribution in [0.15, 0.2) is 167 Å². The molecular formula is C48H27Cl8N5. The Hall–Kier alpha value is -4.92. The van der Waals surface area contributed by atoms with Crippen LogP contribution in [0.25, 0.3) is 22.3 Å². The standard InChI is InChI=1S/C48H27Cl8N5/c49-25-7-1-8-26(50)41(25)45(33-15-5-23-57-33)35-17-19-37(59-35)47(43-29(53)11-3-12-30(43)54)39-21-22-40(61-39)48(44-31(55)13-4-14-32(44)56)38-20-18-36(60-38)46(34-16-6-24-58-34)42-27(51)9-2-10-28(42)52/h1-24,57-58,61H/b45-35-,46-36+,47-39+,48-40+. The molecule has 9 rings (SSSR count). The molecule has 0 unspecified atom stereocenters. The van der Waals surface area contributed by atoms with Gasteiger partial charge in [0.05, 0.1) is 63.0 Å². The van der Waals surface area contributed by atoms with Crippen molar-refractivity contribution in [3.8, 4) is 0 Å². The van der Waals surface area contributed by atoms with Crippen LogP contribution >= 0.6 is 92.8 Å². The third-order valence-corrected chi connectivity index (χ3v) is 12.6. The number of aromatic nitrogens is 3. The van der Waals surface area contributed by atoms with E-state index in [1.54, 1.807) is 72.8 Å². The first-order chi connectivity index (χ1) is 29.6. The molecule has 2 aliphatic rings. The number of hydrogen-bond donors (Lipinski definition) is 3. The molecule has 0 aliphatic carbocycles. The lowest BCUT2D eigenvalue weighted by Gasteiger charge is -2.13. The Morgan fingerprint density at radius 2 is 0.656 bits per heavy atom. The number of allylic oxidation sites excluding steroid dienone is 4. The Labute approximate surface area is 390 Å². The second-order valence-corrected chi connectivity index (χ2v) is 17.0. The predicted octanol–water partition coefficient (Wildman–Crippen LogP) is 14.2. The van der Waals surface area contributed by atoms with Gasteiger partial charge in [0.25, 0.3) is 0 Å². The van der Waals surface area contributed by atoms with Gasteiger partial charge in [0, 0.05) is 79.0 Å². The number of H-pyrrole nitrogens is 3. The fourth-order valence-corrected chi connectivity index (χ4v) is 9.83. The topological polar surface area (TPSA) is 72.1 Å². The summed E-state index contributed by atoms with van der Waals surface area (Å²) in [6.07, 6.45) is 11.3. The van der Waals surface area contributed by atoms with Gasteiger partial charge in [-0.15, -0.1) is 0 Å². The van der Waals surface area contributed by atoms with Gasteiger partial charge < -0.3 is 15.0 Å². The number of nitrogens with zero attached hydrogens (tertiary/aromatic N) is 2. The Bertz CT molecular complexity index is 2920. The van der Waals surface area contributed by atoms with Gasteiger partial charge in [0.1, 0.15) is 0 Å². The molecule has 0 atom stereocenters. The normalized spacial score (nSPS) is 16.2. The smallest absolute Gasteiger partial charge is 0.0738 e. The van der Waals surface area contributed by atoms with Gasteiger partial charge in [-0.1, -0.05) is 117 Å². The Balaban J connectivity index is 1.33. The van der Waals surface area contributed by atoms with Gasteiger partial charge in [-0.3, -0.25) is 0 Å². The quantitative estimate of drug-likeness (QED) is 0.136. The van der Waals surface area contributed by atoms with E-state index in [0.29, 0.717) is 107 Å². The van der Waals surface area contributed by atoms with Crippen molar-refractivity contribution in [1.29, 1.82) is 0 Å². The highest BCUT2D eigenvalue weighted by molar-refractivity contribution is 6.44. The highest BCUT2D eigenvalue weighted by Crippen LogP contribution is 2.42. The molecule has 5 heterocycles.